The molecule has 1 aliphatic carbocycles. The maximum Gasteiger partial charge on any atom is 0.137 e. The highest BCUT2D eigenvalue weighted by molar-refractivity contribution is 5.80. The van der Waals surface area contributed by atoms with Gasteiger partial charge < -0.3 is 9.80 Å². The Hall–Kier alpha value is -3.00. The summed E-state index contributed by atoms with van der Waals surface area (Å²) in [6, 6.07) is 25.0. The molecular formula is C33H38N2. The second kappa shape index (κ2) is 8.29. The number of fused-ring (bicyclic) bond motifs is 3. The third-order valence-electron chi connectivity index (χ3n) is 9.25. The predicted octanol–water partition coefficient (Wildman–Crippen LogP) is 8.72. The van der Waals surface area contributed by atoms with Gasteiger partial charge in [0.1, 0.15) is 6.17 Å². The van der Waals surface area contributed by atoms with E-state index in [1.807, 2.05) is 0 Å². The van der Waals surface area contributed by atoms with Gasteiger partial charge in [0.05, 0.1) is 5.70 Å². The number of anilines is 2. The van der Waals surface area contributed by atoms with Gasteiger partial charge in [-0.25, -0.2) is 0 Å². The van der Waals surface area contributed by atoms with Crippen molar-refractivity contribution in [3.05, 3.63) is 106 Å². The Morgan fingerprint density at radius 3 is 1.94 bits per heavy atom. The summed E-state index contributed by atoms with van der Waals surface area (Å²) >= 11 is 0. The van der Waals surface area contributed by atoms with E-state index in [-0.39, 0.29) is 11.6 Å². The molecular weight excluding hydrogens is 424 g/mol. The molecule has 1 saturated carbocycles. The second-order valence-corrected chi connectivity index (χ2v) is 11.2. The topological polar surface area (TPSA) is 6.48 Å². The zero-order valence-electron chi connectivity index (χ0n) is 21.9. The fourth-order valence-corrected chi connectivity index (χ4v) is 7.57. The highest BCUT2D eigenvalue weighted by atomic mass is 15.4. The molecule has 2 atom stereocenters. The van der Waals surface area contributed by atoms with Crippen molar-refractivity contribution in [2.45, 2.75) is 78.3 Å². The predicted molar refractivity (Wildman–Crippen MR) is 148 cm³/mol. The molecule has 0 aromatic heterocycles. The Morgan fingerprint density at radius 1 is 0.657 bits per heavy atom. The van der Waals surface area contributed by atoms with Crippen LogP contribution in [0.4, 0.5) is 11.4 Å². The van der Waals surface area contributed by atoms with E-state index >= 15 is 0 Å². The van der Waals surface area contributed by atoms with E-state index in [4.69, 9.17) is 0 Å². The van der Waals surface area contributed by atoms with Crippen LogP contribution in [-0.4, -0.2) is 0 Å². The average molecular weight is 463 g/mol. The Morgan fingerprint density at radius 2 is 1.26 bits per heavy atom. The molecule has 0 N–H and O–H groups in total. The van der Waals surface area contributed by atoms with Gasteiger partial charge in [0, 0.05) is 28.1 Å². The van der Waals surface area contributed by atoms with E-state index in [1.165, 1.54) is 82.7 Å². The van der Waals surface area contributed by atoms with Gasteiger partial charge >= 0.3 is 0 Å². The summed E-state index contributed by atoms with van der Waals surface area (Å²) in [6.45, 7) is 11.8. The first kappa shape index (κ1) is 22.5. The zero-order valence-corrected chi connectivity index (χ0v) is 21.9. The minimum absolute atomic E-state index is 0.0351. The summed E-state index contributed by atoms with van der Waals surface area (Å²) in [6.07, 6.45) is 6.88. The number of nitrogens with zero attached hydrogens (tertiary/aromatic N) is 2. The summed E-state index contributed by atoms with van der Waals surface area (Å²) in [7, 11) is 0. The molecule has 0 bridgehead atoms. The fraction of sp³-hybridized carbons (Fsp3) is 0.394. The first-order chi connectivity index (χ1) is 16.9. The maximum atomic E-state index is 2.72. The number of allylic oxidation sites excluding steroid dienone is 2. The van der Waals surface area contributed by atoms with Gasteiger partial charge in [-0.2, -0.15) is 0 Å². The summed E-state index contributed by atoms with van der Waals surface area (Å²) in [5.74, 6) is 0.683. The molecule has 0 spiro atoms. The molecule has 0 saturated heterocycles. The number of rotatable bonds is 3. The summed E-state index contributed by atoms with van der Waals surface area (Å²) in [4.78, 5) is 5.37. The third kappa shape index (κ3) is 3.15. The van der Waals surface area contributed by atoms with Crippen molar-refractivity contribution < 1.29 is 0 Å². The van der Waals surface area contributed by atoms with E-state index < -0.39 is 0 Å². The van der Waals surface area contributed by atoms with Crippen molar-refractivity contribution in [3.63, 3.8) is 0 Å². The van der Waals surface area contributed by atoms with E-state index in [1.54, 1.807) is 0 Å². The molecule has 0 radical (unpaired) electrons. The van der Waals surface area contributed by atoms with E-state index in [9.17, 15) is 0 Å². The van der Waals surface area contributed by atoms with Crippen LogP contribution >= 0.6 is 0 Å². The first-order valence-corrected chi connectivity index (χ1v) is 13.5. The zero-order chi connectivity index (χ0) is 24.3. The first-order valence-electron chi connectivity index (χ1n) is 13.5. The normalized spacial score (nSPS) is 24.2. The van der Waals surface area contributed by atoms with Crippen molar-refractivity contribution in [1.29, 1.82) is 0 Å². The molecule has 2 unspecified atom stereocenters. The lowest BCUT2D eigenvalue weighted by atomic mass is 9.65. The van der Waals surface area contributed by atoms with E-state index in [0.29, 0.717) is 5.92 Å². The summed E-state index contributed by atoms with van der Waals surface area (Å²) < 4.78 is 0. The lowest BCUT2D eigenvalue weighted by molar-refractivity contribution is 0.254. The van der Waals surface area contributed by atoms with Crippen LogP contribution in [0.25, 0.3) is 0 Å². The molecule has 180 valence electrons. The van der Waals surface area contributed by atoms with Crippen LogP contribution in [0.5, 0.6) is 0 Å². The fourth-order valence-electron chi connectivity index (χ4n) is 7.57. The van der Waals surface area contributed by atoms with Crippen LogP contribution in [-0.2, 0) is 5.41 Å². The number of aryl methyl sites for hydroxylation is 3. The Bertz CT molecular complexity index is 1290. The van der Waals surface area contributed by atoms with Gasteiger partial charge in [-0.05, 0) is 87.8 Å². The van der Waals surface area contributed by atoms with Crippen molar-refractivity contribution in [2.75, 3.05) is 9.80 Å². The smallest absolute Gasteiger partial charge is 0.137 e. The molecule has 2 heteroatoms. The van der Waals surface area contributed by atoms with Gasteiger partial charge in [-0.15, -0.1) is 0 Å². The average Bonchev–Trinajstić information content (AvgIpc) is 3.31. The van der Waals surface area contributed by atoms with Crippen LogP contribution in [0.2, 0.25) is 0 Å². The molecule has 2 aliphatic heterocycles. The Labute approximate surface area is 211 Å². The second-order valence-electron chi connectivity index (χ2n) is 11.2. The number of hydrogen-bond acceptors (Lipinski definition) is 2. The molecule has 6 rings (SSSR count). The van der Waals surface area contributed by atoms with Gasteiger partial charge in [0.2, 0.25) is 0 Å². The standard InChI is InChI=1S/C33H38N2/c1-22-14-9-11-20-28(22)34-25(4)31-33(5,26-17-7-6-8-18-26)27-19-10-12-21-29(27)35(31)32(34)30-23(2)15-13-16-24(30)3/h9-16,19-21,26,32H,6-8,17-18H2,1-5H3. The van der Waals surface area contributed by atoms with E-state index in [0.717, 1.165) is 0 Å². The number of hydrogen-bond donors (Lipinski definition) is 0. The van der Waals surface area contributed by atoms with Crippen LogP contribution in [0, 0.1) is 26.7 Å². The Kier molecular flexibility index (Phi) is 5.32. The molecule has 3 aliphatic rings. The molecule has 3 aromatic rings. The Balaban J connectivity index is 1.65. The van der Waals surface area contributed by atoms with Gasteiger partial charge in [-0.3, -0.25) is 0 Å². The van der Waals surface area contributed by atoms with Gasteiger partial charge in [0.25, 0.3) is 0 Å². The lowest BCUT2D eigenvalue weighted by Crippen LogP contribution is -2.36. The monoisotopic (exact) mass is 462 g/mol. The van der Waals surface area contributed by atoms with Crippen LogP contribution in [0.15, 0.2) is 78.1 Å². The maximum absolute atomic E-state index is 2.72. The number of benzene rings is 3. The van der Waals surface area contributed by atoms with Crippen molar-refractivity contribution in [1.82, 2.24) is 0 Å². The SMILES string of the molecule is CC1=C2N(c3ccccc3C2(C)C2CCCCC2)C(c2c(C)cccc2C)N1c1ccccc1C. The third-order valence-corrected chi connectivity index (χ3v) is 9.25. The minimum Gasteiger partial charge on any atom is -0.318 e. The lowest BCUT2D eigenvalue weighted by Gasteiger charge is -2.39. The van der Waals surface area contributed by atoms with Crippen molar-refractivity contribution >= 4 is 11.4 Å². The van der Waals surface area contributed by atoms with E-state index in [2.05, 4.69) is 111 Å². The van der Waals surface area contributed by atoms with Gasteiger partial charge in [0.15, 0.2) is 0 Å². The molecule has 35 heavy (non-hydrogen) atoms. The van der Waals surface area contributed by atoms with Crippen LogP contribution in [0.3, 0.4) is 0 Å². The van der Waals surface area contributed by atoms with Crippen LogP contribution < -0.4 is 9.80 Å². The highest BCUT2D eigenvalue weighted by Gasteiger charge is 2.56. The van der Waals surface area contributed by atoms with Crippen LogP contribution in [0.1, 0.15) is 79.9 Å². The molecule has 1 fully saturated rings. The summed E-state index contributed by atoms with van der Waals surface area (Å²) in [5.41, 5.74) is 12.7. The molecule has 0 amide bonds. The largest absolute Gasteiger partial charge is 0.318 e. The molecule has 3 aromatic carbocycles. The minimum atomic E-state index is 0.0351. The number of para-hydroxylation sites is 2. The molecule has 2 nitrogen and oxygen atoms in total. The van der Waals surface area contributed by atoms with Crippen molar-refractivity contribution in [3.8, 4) is 0 Å². The highest BCUT2D eigenvalue weighted by Crippen LogP contribution is 2.62. The van der Waals surface area contributed by atoms with Crippen molar-refractivity contribution in [2.24, 2.45) is 5.92 Å². The quantitative estimate of drug-likeness (QED) is 0.384. The summed E-state index contributed by atoms with van der Waals surface area (Å²) in [5, 5.41) is 0. The molecule has 2 heterocycles. The van der Waals surface area contributed by atoms with Gasteiger partial charge in [-0.1, -0.05) is 73.9 Å².